The summed E-state index contributed by atoms with van der Waals surface area (Å²) in [5.41, 5.74) is -8.23. The third-order valence-corrected chi connectivity index (χ3v) is 6.35. The number of alkyl halides is 6. The smallest absolute Gasteiger partial charge is 0.299 e. The molecule has 0 heterocycles. The van der Waals surface area contributed by atoms with Crippen molar-refractivity contribution in [2.24, 2.45) is 5.73 Å². The molecule has 0 aromatic heterocycles. The van der Waals surface area contributed by atoms with Crippen molar-refractivity contribution in [1.29, 1.82) is 0 Å². The lowest BCUT2D eigenvalue weighted by molar-refractivity contribution is -0.0488. The second-order valence-corrected chi connectivity index (χ2v) is 7.81. The average molecular weight is 309 g/mol. The summed E-state index contributed by atoms with van der Waals surface area (Å²) in [6.45, 7) is -0.390. The fraction of sp³-hybridized carbons (Fsp3) is 1.00. The Morgan fingerprint density at radius 3 is 1.06 bits per heavy atom. The Balaban J connectivity index is 6.14. The zero-order chi connectivity index (χ0) is 14.5. The Morgan fingerprint density at radius 2 is 0.941 bits per heavy atom. The molecule has 104 valence electrons. The summed E-state index contributed by atoms with van der Waals surface area (Å²) in [7, 11) is -13.5. The van der Waals surface area contributed by atoms with E-state index in [1.54, 1.807) is 0 Å². The molecule has 0 atom stereocenters. The highest BCUT2D eigenvalue weighted by atomic mass is 32.3. The van der Waals surface area contributed by atoms with E-state index in [1.807, 2.05) is 0 Å². The van der Waals surface area contributed by atoms with Gasteiger partial charge in [0.1, 0.15) is 0 Å². The molecule has 2 N–H and O–H groups in total. The Labute approximate surface area is 91.4 Å². The maximum absolute atomic E-state index is 11.9. The number of nitrogens with two attached hydrogens (primary N) is 1. The average Bonchev–Trinajstić information content (AvgIpc) is 1.98. The molecule has 0 aromatic carbocycles. The van der Waals surface area contributed by atoms with Gasteiger partial charge >= 0.3 is 11.0 Å². The molecule has 0 radical (unpaired) electrons. The van der Waals surface area contributed by atoms with Crippen LogP contribution in [0.2, 0.25) is 0 Å². The second kappa shape index (κ2) is 3.71. The molecule has 0 aliphatic carbocycles. The molecule has 0 unspecified atom stereocenters. The summed E-state index contributed by atoms with van der Waals surface area (Å²) in [4.78, 5) is 0. The van der Waals surface area contributed by atoms with Crippen LogP contribution in [-0.2, 0) is 19.7 Å². The minimum Gasteiger partial charge on any atom is -0.299 e. The minimum atomic E-state index is -6.75. The van der Waals surface area contributed by atoms with E-state index in [4.69, 9.17) is 0 Å². The molecule has 0 saturated carbocycles. The van der Waals surface area contributed by atoms with E-state index in [0.717, 1.165) is 0 Å². The molecule has 0 aliphatic rings. The summed E-state index contributed by atoms with van der Waals surface area (Å²) in [5, 5.41) is 0. The highest BCUT2D eigenvalue weighted by molar-refractivity contribution is 8.11. The lowest BCUT2D eigenvalue weighted by atomic mass is 10.8. The van der Waals surface area contributed by atoms with Gasteiger partial charge in [-0.1, -0.05) is 0 Å². The van der Waals surface area contributed by atoms with Gasteiger partial charge in [-0.3, -0.25) is 5.73 Å². The summed E-state index contributed by atoms with van der Waals surface area (Å²) in [5.74, 6) is 0. The van der Waals surface area contributed by atoms with Gasteiger partial charge in [0.25, 0.3) is 19.7 Å². The number of rotatable bonds is 2. The van der Waals surface area contributed by atoms with Crippen LogP contribution < -0.4 is 5.73 Å². The molecular weight excluding hydrogens is 304 g/mol. The first-order valence-electron chi connectivity index (χ1n) is 3.41. The van der Waals surface area contributed by atoms with Gasteiger partial charge in [0, 0.05) is 0 Å². The van der Waals surface area contributed by atoms with Crippen molar-refractivity contribution in [2.45, 2.75) is 22.1 Å². The van der Waals surface area contributed by atoms with Crippen molar-refractivity contribution >= 4 is 19.7 Å². The van der Waals surface area contributed by atoms with E-state index >= 15 is 0 Å². The van der Waals surface area contributed by atoms with E-state index in [9.17, 15) is 43.2 Å². The van der Waals surface area contributed by atoms with Gasteiger partial charge < -0.3 is 0 Å². The van der Waals surface area contributed by atoms with Crippen LogP contribution >= 0.6 is 0 Å². The first-order valence-corrected chi connectivity index (χ1v) is 6.37. The molecule has 0 rings (SSSR count). The molecule has 0 bridgehead atoms. The molecule has 13 heteroatoms. The van der Waals surface area contributed by atoms with Gasteiger partial charge in [-0.25, -0.2) is 16.8 Å². The van der Waals surface area contributed by atoms with E-state index in [-0.39, 0.29) is 0 Å². The van der Waals surface area contributed by atoms with Crippen LogP contribution in [0.3, 0.4) is 0 Å². The quantitative estimate of drug-likeness (QED) is 0.749. The number of halogens is 6. The van der Waals surface area contributed by atoms with E-state index < -0.39 is 41.8 Å². The predicted octanol–water partition coefficient (Wildman–Crippen LogP) is 0.488. The standard InChI is InChI=1S/C4H5F6NO4S2/c1-2(11,16(12,13)3(5,6)7)17(14,15)4(8,9)10/h11H2,1H3. The topological polar surface area (TPSA) is 94.3 Å². The fourth-order valence-electron chi connectivity index (χ4n) is 0.604. The zero-order valence-electron chi connectivity index (χ0n) is 7.79. The number of sulfone groups is 2. The SMILES string of the molecule is CC(N)(S(=O)(=O)C(F)(F)F)S(=O)(=O)C(F)(F)F. The molecule has 0 saturated heterocycles. The Bertz CT molecular complexity index is 451. The van der Waals surface area contributed by atoms with Crippen molar-refractivity contribution in [3.05, 3.63) is 0 Å². The zero-order valence-corrected chi connectivity index (χ0v) is 9.43. The third kappa shape index (κ3) is 2.22. The van der Waals surface area contributed by atoms with Gasteiger partial charge in [-0.05, 0) is 6.92 Å². The van der Waals surface area contributed by atoms with Gasteiger partial charge in [0.15, 0.2) is 0 Å². The molecule has 17 heavy (non-hydrogen) atoms. The van der Waals surface area contributed by atoms with Crippen molar-refractivity contribution < 1.29 is 43.2 Å². The summed E-state index contributed by atoms with van der Waals surface area (Å²) in [6.07, 6.45) is 0. The lowest BCUT2D eigenvalue weighted by Gasteiger charge is -2.26. The van der Waals surface area contributed by atoms with Crippen LogP contribution in [0.4, 0.5) is 26.3 Å². The summed E-state index contributed by atoms with van der Waals surface area (Å²) < 4.78 is 110. The van der Waals surface area contributed by atoms with E-state index in [0.29, 0.717) is 0 Å². The van der Waals surface area contributed by atoms with Crippen molar-refractivity contribution in [3.8, 4) is 0 Å². The second-order valence-electron chi connectivity index (χ2n) is 2.91. The molecular formula is C4H5F6NO4S2. The molecule has 0 aromatic rings. The first kappa shape index (κ1) is 16.4. The highest BCUT2D eigenvalue weighted by Crippen LogP contribution is 2.40. The molecule has 0 aliphatic heterocycles. The van der Waals surface area contributed by atoms with Gasteiger partial charge in [-0.15, -0.1) is 0 Å². The summed E-state index contributed by atoms with van der Waals surface area (Å²) >= 11 is 0. The van der Waals surface area contributed by atoms with Crippen LogP contribution in [-0.4, -0.2) is 32.1 Å². The van der Waals surface area contributed by atoms with Gasteiger partial charge in [0.05, 0.1) is 0 Å². The van der Waals surface area contributed by atoms with Gasteiger partial charge in [0.2, 0.25) is 4.20 Å². The Hall–Kier alpha value is -0.560. The third-order valence-electron chi connectivity index (χ3n) is 1.68. The predicted molar refractivity (Wildman–Crippen MR) is 42.5 cm³/mol. The van der Waals surface area contributed by atoms with Crippen LogP contribution in [0.15, 0.2) is 0 Å². The Kier molecular flexibility index (Phi) is 3.59. The summed E-state index contributed by atoms with van der Waals surface area (Å²) in [6, 6.07) is 0. The molecule has 0 fully saturated rings. The van der Waals surface area contributed by atoms with Crippen molar-refractivity contribution in [3.63, 3.8) is 0 Å². The van der Waals surface area contributed by atoms with E-state index in [2.05, 4.69) is 5.73 Å². The number of hydrogen-bond acceptors (Lipinski definition) is 5. The molecule has 0 spiro atoms. The van der Waals surface area contributed by atoms with Crippen LogP contribution in [0.5, 0.6) is 0 Å². The monoisotopic (exact) mass is 309 g/mol. The van der Waals surface area contributed by atoms with Crippen molar-refractivity contribution in [2.75, 3.05) is 0 Å². The lowest BCUT2D eigenvalue weighted by Crippen LogP contribution is -2.59. The normalized spacial score (nSPS) is 16.0. The maximum atomic E-state index is 11.9. The van der Waals surface area contributed by atoms with Crippen LogP contribution in [0.1, 0.15) is 6.92 Å². The molecule has 0 amide bonds. The van der Waals surface area contributed by atoms with E-state index in [1.165, 1.54) is 0 Å². The fourth-order valence-corrected chi connectivity index (χ4v) is 3.25. The Morgan fingerprint density at radius 1 is 0.765 bits per heavy atom. The van der Waals surface area contributed by atoms with Crippen LogP contribution in [0, 0.1) is 0 Å². The first-order chi connectivity index (χ1) is 7.00. The highest BCUT2D eigenvalue weighted by Gasteiger charge is 2.68. The minimum absolute atomic E-state index is 0.390. The molecule has 5 nitrogen and oxygen atoms in total. The van der Waals surface area contributed by atoms with Crippen LogP contribution in [0.25, 0.3) is 0 Å². The van der Waals surface area contributed by atoms with Crippen molar-refractivity contribution in [1.82, 2.24) is 0 Å². The largest absolute Gasteiger partial charge is 0.500 e. The number of hydrogen-bond donors (Lipinski definition) is 1. The van der Waals surface area contributed by atoms with Gasteiger partial charge in [-0.2, -0.15) is 26.3 Å². The maximum Gasteiger partial charge on any atom is 0.500 e.